The molecule has 0 bridgehead atoms. The fraction of sp³-hybridized carbons (Fsp3) is 0.544. The lowest BCUT2D eigenvalue weighted by Crippen LogP contribution is -2.52. The van der Waals surface area contributed by atoms with E-state index in [0.29, 0.717) is 11.3 Å². The topological polar surface area (TPSA) is 403 Å². The number of carboxylic acids is 4. The van der Waals surface area contributed by atoms with E-state index in [1.807, 2.05) is 29.0 Å². The number of nitrogens with zero attached hydrogens (tertiary/aromatic N) is 7. The maximum Gasteiger partial charge on any atom is 0.317 e. The van der Waals surface area contributed by atoms with Gasteiger partial charge in [-0.25, -0.2) is 0 Å². The first-order valence-electron chi connectivity index (χ1n) is 28.7. The fourth-order valence-electron chi connectivity index (χ4n) is 10.8. The summed E-state index contributed by atoms with van der Waals surface area (Å²) < 4.78 is 75.8. The molecule has 0 saturated carbocycles. The Labute approximate surface area is 503 Å². The summed E-state index contributed by atoms with van der Waals surface area (Å²) in [6.45, 7) is -1.64. The number of hydrogen-bond acceptors (Lipinski definition) is 19. The number of carbonyl (C=O) groups is 8. The Morgan fingerprint density at radius 2 is 1.24 bits per heavy atom. The highest BCUT2D eigenvalue weighted by Gasteiger charge is 2.33. The number of hydrogen-bond donors (Lipinski definition) is 8. The number of carbonyl (C=O) groups excluding carboxylic acids is 4. The summed E-state index contributed by atoms with van der Waals surface area (Å²) >= 11 is 0. The average Bonchev–Trinajstić information content (AvgIpc) is 1.78. The van der Waals surface area contributed by atoms with Crippen molar-refractivity contribution in [3.05, 3.63) is 89.1 Å². The number of amides is 2. The van der Waals surface area contributed by atoms with Gasteiger partial charge in [-0.3, -0.25) is 77.0 Å². The molecular formula is C57H77N9O19S2. The van der Waals surface area contributed by atoms with E-state index in [9.17, 15) is 84.7 Å². The second-order valence-corrected chi connectivity index (χ2v) is 24.9. The van der Waals surface area contributed by atoms with Crippen LogP contribution in [0.5, 0.6) is 5.75 Å². The van der Waals surface area contributed by atoms with Crippen molar-refractivity contribution in [1.82, 2.24) is 44.8 Å². The number of aliphatic carboxylic acids is 4. The third-order valence-corrected chi connectivity index (χ3v) is 16.7. The number of benzene rings is 1. The number of nitrogens with one attached hydrogen (secondary N) is 2. The predicted octanol–water partition coefficient (Wildman–Crippen LogP) is 1.10. The molecule has 2 unspecified atom stereocenters. The largest absolute Gasteiger partial charge is 0.492 e. The molecule has 2 amide bonds. The smallest absolute Gasteiger partial charge is 0.317 e. The lowest BCUT2D eigenvalue weighted by atomic mass is 9.94. The standard InChI is InChI=1S/C57H77N9O19S2/c67-50(42(37-86(79,80)81)29-51(68)47(38-87(82,83)84)61-53(70)33-62-19-21-63(34-55(73)74)23-25-65(36-57(77)78)26-24-64(22-20-62)35-56(75)76)10-4-17-59-52(69)11-5-27-85-44-28-41(31-58-32-44)49(30-54(71)72)66-18-16-45-39(7-3-9-48(45)66)12-14-43-15-13-40-6-1-2-8-46(40)60-43/h3,7,9,13,15-16,18,28,31-32,42,47,49H,1-2,4-6,8,10-12,14,17,19-27,29-30,33-38H2,(H,59,69)(H,61,70)(H,71,72)(H,73,74)(H,75,76)(H,77,78)(H,79,80,81)(H,82,83,84)/t42-,47?,49?/m0/s1. The Morgan fingerprint density at radius 3 is 1.84 bits per heavy atom. The van der Waals surface area contributed by atoms with Crippen LogP contribution in [0.4, 0.5) is 0 Å². The van der Waals surface area contributed by atoms with Crippen LogP contribution >= 0.6 is 0 Å². The minimum absolute atomic E-state index is 0.00475. The molecule has 4 aromatic rings. The quantitative estimate of drug-likeness (QED) is 0.0244. The molecule has 3 atom stereocenters. The van der Waals surface area contributed by atoms with Crippen LogP contribution in [-0.4, -0.2) is 237 Å². The number of pyridine rings is 2. The maximum atomic E-state index is 13.7. The first-order valence-corrected chi connectivity index (χ1v) is 31.9. The number of ketones is 2. The number of aryl methyl sites for hydroxylation is 4. The number of aromatic nitrogens is 3. The lowest BCUT2D eigenvalue weighted by molar-refractivity contribution is -0.140. The van der Waals surface area contributed by atoms with Gasteiger partial charge in [0.1, 0.15) is 23.3 Å². The van der Waals surface area contributed by atoms with E-state index in [1.165, 1.54) is 43.5 Å². The average molecular weight is 1260 g/mol. The molecule has 8 N–H and O–H groups in total. The molecule has 3 aromatic heterocycles. The van der Waals surface area contributed by atoms with Crippen molar-refractivity contribution < 1.29 is 89.5 Å². The number of fused-ring (bicyclic) bond motifs is 2. The zero-order valence-corrected chi connectivity index (χ0v) is 49.9. The summed E-state index contributed by atoms with van der Waals surface area (Å²) in [7, 11) is -9.98. The van der Waals surface area contributed by atoms with Crippen LogP contribution in [0, 0.1) is 5.92 Å². The number of rotatable bonds is 33. The normalized spacial score (nSPS) is 16.3. The van der Waals surface area contributed by atoms with Crippen molar-refractivity contribution in [3.8, 4) is 5.75 Å². The monoisotopic (exact) mass is 1260 g/mol. The van der Waals surface area contributed by atoms with Crippen molar-refractivity contribution >= 4 is 78.4 Å². The van der Waals surface area contributed by atoms with Crippen molar-refractivity contribution in [2.24, 2.45) is 5.92 Å². The third kappa shape index (κ3) is 24.1. The first kappa shape index (κ1) is 68.8. The number of carboxylic acid groups (broad SMARTS) is 4. The molecule has 0 spiro atoms. The van der Waals surface area contributed by atoms with Gasteiger partial charge in [0.25, 0.3) is 20.2 Å². The summed E-state index contributed by atoms with van der Waals surface area (Å²) in [4.78, 5) is 116. The molecule has 1 fully saturated rings. The summed E-state index contributed by atoms with van der Waals surface area (Å²) in [6.07, 6.45) is 9.27. The van der Waals surface area contributed by atoms with E-state index in [4.69, 9.17) is 9.72 Å². The van der Waals surface area contributed by atoms with Gasteiger partial charge in [0.15, 0.2) is 5.78 Å². The Balaban J connectivity index is 0.992. The van der Waals surface area contributed by atoms with Gasteiger partial charge in [-0.15, -0.1) is 0 Å². The van der Waals surface area contributed by atoms with Gasteiger partial charge in [-0.2, -0.15) is 16.8 Å². The van der Waals surface area contributed by atoms with E-state index in [0.717, 1.165) is 54.3 Å². The van der Waals surface area contributed by atoms with Gasteiger partial charge >= 0.3 is 23.9 Å². The van der Waals surface area contributed by atoms with Gasteiger partial charge in [0.05, 0.1) is 57.2 Å². The zero-order chi connectivity index (χ0) is 63.3. The van der Waals surface area contributed by atoms with E-state index in [-0.39, 0.29) is 91.2 Å². The Hall–Kier alpha value is -7.32. The predicted molar refractivity (Wildman–Crippen MR) is 313 cm³/mol. The molecule has 2 aliphatic rings. The Kier molecular flexibility index (Phi) is 26.2. The molecule has 1 aromatic carbocycles. The van der Waals surface area contributed by atoms with Gasteiger partial charge in [0.2, 0.25) is 11.8 Å². The molecule has 476 valence electrons. The van der Waals surface area contributed by atoms with Gasteiger partial charge in [0, 0.05) is 119 Å². The number of ether oxygens (including phenoxy) is 1. The maximum absolute atomic E-state index is 13.7. The highest BCUT2D eigenvalue weighted by Crippen LogP contribution is 2.32. The highest BCUT2D eigenvalue weighted by atomic mass is 32.2. The second-order valence-electron chi connectivity index (χ2n) is 21.9. The van der Waals surface area contributed by atoms with Crippen LogP contribution in [0.2, 0.25) is 0 Å². The minimum Gasteiger partial charge on any atom is -0.492 e. The zero-order valence-electron chi connectivity index (χ0n) is 48.2. The van der Waals surface area contributed by atoms with E-state index < -0.39 is 136 Å². The van der Waals surface area contributed by atoms with E-state index in [2.05, 4.69) is 33.8 Å². The van der Waals surface area contributed by atoms with Crippen LogP contribution < -0.4 is 15.4 Å². The van der Waals surface area contributed by atoms with Crippen molar-refractivity contribution in [2.75, 3.05) is 103 Å². The molecule has 1 aliphatic carbocycles. The van der Waals surface area contributed by atoms with Gasteiger partial charge < -0.3 is 40.4 Å². The molecule has 0 radical (unpaired) electrons. The van der Waals surface area contributed by atoms with E-state index >= 15 is 0 Å². The molecular weight excluding hydrogens is 1180 g/mol. The summed E-state index contributed by atoms with van der Waals surface area (Å²) in [6, 6.07) is 11.3. The highest BCUT2D eigenvalue weighted by molar-refractivity contribution is 7.86. The van der Waals surface area contributed by atoms with E-state index in [1.54, 1.807) is 12.3 Å². The van der Waals surface area contributed by atoms with Gasteiger partial charge in [-0.1, -0.05) is 18.2 Å². The van der Waals surface area contributed by atoms with Crippen LogP contribution in [0.15, 0.2) is 61.1 Å². The van der Waals surface area contributed by atoms with Gasteiger partial charge in [-0.05, 0) is 92.3 Å². The van der Waals surface area contributed by atoms with Crippen molar-refractivity contribution in [2.45, 2.75) is 89.1 Å². The van der Waals surface area contributed by atoms with Crippen molar-refractivity contribution in [3.63, 3.8) is 0 Å². The molecule has 1 saturated heterocycles. The minimum atomic E-state index is -5.03. The summed E-state index contributed by atoms with van der Waals surface area (Å²) in [5, 5.41) is 44.4. The molecule has 30 heteroatoms. The third-order valence-electron chi connectivity index (χ3n) is 15.1. The molecule has 87 heavy (non-hydrogen) atoms. The Bertz CT molecular complexity index is 3280. The molecule has 6 rings (SSSR count). The summed E-state index contributed by atoms with van der Waals surface area (Å²) in [5.74, 6) is -12.1. The Morgan fingerprint density at radius 1 is 0.632 bits per heavy atom. The second kappa shape index (κ2) is 33.1. The molecule has 28 nitrogen and oxygen atoms in total. The van der Waals surface area contributed by atoms with Crippen molar-refractivity contribution in [1.29, 1.82) is 0 Å². The number of Topliss-reactive ketones (excluding diaryl/α,β-unsaturated/α-hetero) is 2. The first-order chi connectivity index (χ1) is 41.3. The van der Waals surface area contributed by atoms with Crippen LogP contribution in [0.1, 0.15) is 85.5 Å². The fourth-order valence-corrected chi connectivity index (χ4v) is 12.3. The molecule has 4 heterocycles. The van der Waals surface area contributed by atoms with Crippen LogP contribution in [0.25, 0.3) is 10.9 Å². The van der Waals surface area contributed by atoms with Crippen LogP contribution in [-0.2, 0) is 84.3 Å². The lowest BCUT2D eigenvalue weighted by Gasteiger charge is -2.33. The molecule has 1 aliphatic heterocycles. The SMILES string of the molecule is O=C(O)CC(c1cncc(OCCCC(=O)NCCCC(=O)[C@@H](CC(=O)C(CS(=O)(=O)O)NC(=O)CN2CCN(CC(=O)O)CCN(CC(=O)O)CCN(CC(=O)O)CC2)CS(=O)(=O)O)c1)n1ccc2c(CCc3ccc4c(n3)CCCC4)cccc21. The summed E-state index contributed by atoms with van der Waals surface area (Å²) in [5.41, 5.74) is 6.10. The van der Waals surface area contributed by atoms with Crippen LogP contribution in [0.3, 0.4) is 0 Å².